The zero-order valence-corrected chi connectivity index (χ0v) is 7.83. The molecule has 1 aliphatic rings. The second kappa shape index (κ2) is 4.18. The van der Waals surface area contributed by atoms with Crippen molar-refractivity contribution in [3.05, 3.63) is 0 Å². The summed E-state index contributed by atoms with van der Waals surface area (Å²) in [4.78, 5) is 0. The van der Waals surface area contributed by atoms with Gasteiger partial charge in [0.05, 0.1) is 0 Å². The molecule has 0 amide bonds. The molecule has 1 rings (SSSR count). The fraction of sp³-hybridized carbons (Fsp3) is 1.00. The Morgan fingerprint density at radius 3 is 2.58 bits per heavy atom. The Balaban J connectivity index is 2.47. The molecule has 2 unspecified atom stereocenters. The van der Waals surface area contributed by atoms with Crippen molar-refractivity contribution < 1.29 is 18.9 Å². The molecule has 0 aromatic heterocycles. The zero-order chi connectivity index (χ0) is 9.03. The first kappa shape index (κ1) is 9.92. The lowest BCUT2D eigenvalue weighted by Crippen LogP contribution is -2.36. The first-order chi connectivity index (χ1) is 5.76. The van der Waals surface area contributed by atoms with E-state index in [2.05, 4.69) is 0 Å². The molecular formula is C8H16O4. The van der Waals surface area contributed by atoms with Crippen molar-refractivity contribution in [1.82, 2.24) is 0 Å². The van der Waals surface area contributed by atoms with Gasteiger partial charge in [0, 0.05) is 34.2 Å². The molecule has 72 valence electrons. The van der Waals surface area contributed by atoms with Crippen molar-refractivity contribution in [2.24, 2.45) is 0 Å². The summed E-state index contributed by atoms with van der Waals surface area (Å²) >= 11 is 0. The van der Waals surface area contributed by atoms with E-state index >= 15 is 0 Å². The van der Waals surface area contributed by atoms with E-state index in [-0.39, 0.29) is 6.29 Å². The van der Waals surface area contributed by atoms with Crippen LogP contribution in [0.1, 0.15) is 12.8 Å². The highest BCUT2D eigenvalue weighted by Crippen LogP contribution is 2.31. The van der Waals surface area contributed by atoms with Gasteiger partial charge in [0.1, 0.15) is 6.61 Å². The van der Waals surface area contributed by atoms with Gasteiger partial charge >= 0.3 is 0 Å². The summed E-state index contributed by atoms with van der Waals surface area (Å²) in [5, 5.41) is 0. The Morgan fingerprint density at radius 1 is 1.42 bits per heavy atom. The Labute approximate surface area is 72.7 Å². The fourth-order valence-electron chi connectivity index (χ4n) is 1.40. The topological polar surface area (TPSA) is 36.9 Å². The van der Waals surface area contributed by atoms with Gasteiger partial charge in [-0.25, -0.2) is 0 Å². The lowest BCUT2D eigenvalue weighted by atomic mass is 10.2. The average molecular weight is 176 g/mol. The predicted molar refractivity (Wildman–Crippen MR) is 42.7 cm³/mol. The molecule has 0 aromatic rings. The molecule has 0 saturated carbocycles. The second-order valence-corrected chi connectivity index (χ2v) is 2.87. The molecule has 0 bridgehead atoms. The third-order valence-electron chi connectivity index (χ3n) is 2.11. The zero-order valence-electron chi connectivity index (χ0n) is 7.83. The fourth-order valence-corrected chi connectivity index (χ4v) is 1.40. The molecule has 4 heteroatoms. The van der Waals surface area contributed by atoms with E-state index in [4.69, 9.17) is 18.9 Å². The molecule has 0 aromatic carbocycles. The Kier molecular flexibility index (Phi) is 3.46. The normalized spacial score (nSPS) is 35.8. The smallest absolute Gasteiger partial charge is 0.194 e. The molecule has 0 radical (unpaired) electrons. The van der Waals surface area contributed by atoms with Gasteiger partial charge in [-0.15, -0.1) is 0 Å². The van der Waals surface area contributed by atoms with Gasteiger partial charge in [-0.1, -0.05) is 0 Å². The van der Waals surface area contributed by atoms with E-state index in [9.17, 15) is 0 Å². The highest BCUT2D eigenvalue weighted by Gasteiger charge is 2.40. The lowest BCUT2D eigenvalue weighted by molar-refractivity contribution is -0.271. The van der Waals surface area contributed by atoms with Crippen LogP contribution >= 0.6 is 0 Å². The van der Waals surface area contributed by atoms with Crippen LogP contribution in [-0.2, 0) is 18.9 Å². The standard InChI is InChI=1S/C8H16O4/c1-9-6-8(11-3)5-4-7(10-2)12-8/h7H,4-6H2,1-3H3. The molecule has 0 N–H and O–H groups in total. The van der Waals surface area contributed by atoms with E-state index in [1.54, 1.807) is 21.3 Å². The summed E-state index contributed by atoms with van der Waals surface area (Å²) in [7, 11) is 4.88. The molecule has 0 aliphatic carbocycles. The van der Waals surface area contributed by atoms with Gasteiger partial charge in [0.2, 0.25) is 0 Å². The van der Waals surface area contributed by atoms with Crippen LogP contribution in [0.4, 0.5) is 0 Å². The number of hydrogen-bond acceptors (Lipinski definition) is 4. The van der Waals surface area contributed by atoms with Crippen LogP contribution < -0.4 is 0 Å². The van der Waals surface area contributed by atoms with Crippen LogP contribution in [0.15, 0.2) is 0 Å². The summed E-state index contributed by atoms with van der Waals surface area (Å²) in [6, 6.07) is 0. The molecule has 1 saturated heterocycles. The van der Waals surface area contributed by atoms with Gasteiger partial charge in [-0.3, -0.25) is 0 Å². The molecular weight excluding hydrogens is 160 g/mol. The monoisotopic (exact) mass is 176 g/mol. The summed E-state index contributed by atoms with van der Waals surface area (Å²) in [6.45, 7) is 0.448. The molecule has 2 atom stereocenters. The van der Waals surface area contributed by atoms with Crippen molar-refractivity contribution >= 4 is 0 Å². The van der Waals surface area contributed by atoms with E-state index in [0.717, 1.165) is 12.8 Å². The molecule has 0 spiro atoms. The summed E-state index contributed by atoms with van der Waals surface area (Å²) in [5.74, 6) is -0.588. The summed E-state index contributed by atoms with van der Waals surface area (Å²) in [5.41, 5.74) is 0. The van der Waals surface area contributed by atoms with Crippen LogP contribution in [0, 0.1) is 0 Å². The number of hydrogen-bond donors (Lipinski definition) is 0. The van der Waals surface area contributed by atoms with Crippen LogP contribution in [0.2, 0.25) is 0 Å². The highest BCUT2D eigenvalue weighted by atomic mass is 16.8. The van der Waals surface area contributed by atoms with Crippen molar-refractivity contribution in [2.45, 2.75) is 24.9 Å². The van der Waals surface area contributed by atoms with Crippen molar-refractivity contribution in [3.8, 4) is 0 Å². The van der Waals surface area contributed by atoms with Crippen LogP contribution in [0.3, 0.4) is 0 Å². The maximum atomic E-state index is 5.52. The molecule has 1 fully saturated rings. The van der Waals surface area contributed by atoms with Crippen molar-refractivity contribution in [3.63, 3.8) is 0 Å². The van der Waals surface area contributed by atoms with Crippen molar-refractivity contribution in [1.29, 1.82) is 0 Å². The van der Waals surface area contributed by atoms with Crippen LogP contribution in [0.25, 0.3) is 0 Å². The molecule has 1 aliphatic heterocycles. The number of rotatable bonds is 4. The number of methoxy groups -OCH3 is 3. The third-order valence-corrected chi connectivity index (χ3v) is 2.11. The van der Waals surface area contributed by atoms with Gasteiger partial charge < -0.3 is 18.9 Å². The quantitative estimate of drug-likeness (QED) is 0.633. The SMILES string of the molecule is COCC1(OC)CCC(OC)O1. The maximum absolute atomic E-state index is 5.52. The molecule has 1 heterocycles. The first-order valence-corrected chi connectivity index (χ1v) is 4.01. The Morgan fingerprint density at radius 2 is 2.17 bits per heavy atom. The Bertz CT molecular complexity index is 139. The van der Waals surface area contributed by atoms with E-state index in [0.29, 0.717) is 6.61 Å². The van der Waals surface area contributed by atoms with Gasteiger partial charge in [-0.05, 0) is 0 Å². The lowest BCUT2D eigenvalue weighted by Gasteiger charge is -2.26. The van der Waals surface area contributed by atoms with Crippen LogP contribution in [-0.4, -0.2) is 40.0 Å². The minimum Gasteiger partial charge on any atom is -0.379 e. The van der Waals surface area contributed by atoms with E-state index in [1.807, 2.05) is 0 Å². The summed E-state index contributed by atoms with van der Waals surface area (Å²) < 4.78 is 20.8. The maximum Gasteiger partial charge on any atom is 0.194 e. The molecule has 12 heavy (non-hydrogen) atoms. The first-order valence-electron chi connectivity index (χ1n) is 4.01. The Hall–Kier alpha value is -0.160. The minimum absolute atomic E-state index is 0.153. The largest absolute Gasteiger partial charge is 0.379 e. The van der Waals surface area contributed by atoms with Gasteiger partial charge in [0.15, 0.2) is 12.1 Å². The van der Waals surface area contributed by atoms with Gasteiger partial charge in [-0.2, -0.15) is 0 Å². The third kappa shape index (κ3) is 1.95. The van der Waals surface area contributed by atoms with E-state index < -0.39 is 5.79 Å². The highest BCUT2D eigenvalue weighted by molar-refractivity contribution is 4.76. The minimum atomic E-state index is -0.588. The number of ether oxygens (including phenoxy) is 4. The van der Waals surface area contributed by atoms with E-state index in [1.165, 1.54) is 0 Å². The summed E-state index contributed by atoms with van der Waals surface area (Å²) in [6.07, 6.45) is 1.52. The van der Waals surface area contributed by atoms with Gasteiger partial charge in [0.25, 0.3) is 0 Å². The average Bonchev–Trinajstić information content (AvgIpc) is 2.50. The van der Waals surface area contributed by atoms with Crippen molar-refractivity contribution in [2.75, 3.05) is 27.9 Å². The molecule has 4 nitrogen and oxygen atoms in total. The predicted octanol–water partition coefficient (Wildman–Crippen LogP) is 0.758. The second-order valence-electron chi connectivity index (χ2n) is 2.87. The van der Waals surface area contributed by atoms with Crippen LogP contribution in [0.5, 0.6) is 0 Å².